The fourth-order valence-electron chi connectivity index (χ4n) is 5.35. The summed E-state index contributed by atoms with van der Waals surface area (Å²) in [5.41, 5.74) is 4.16. The molecule has 0 saturated carbocycles. The van der Waals surface area contributed by atoms with Crippen LogP contribution in [-0.4, -0.2) is 74.7 Å². The highest BCUT2D eigenvalue weighted by atomic mass is 16.2. The highest BCUT2D eigenvalue weighted by molar-refractivity contribution is 6.21. The lowest BCUT2D eigenvalue weighted by molar-refractivity contribution is -0.133. The molecule has 4 aromatic rings. The highest BCUT2D eigenvalue weighted by Crippen LogP contribution is 2.23. The Kier molecular flexibility index (Phi) is 6.47. The second-order valence-corrected chi connectivity index (χ2v) is 9.80. The van der Waals surface area contributed by atoms with Gasteiger partial charge in [0.25, 0.3) is 11.8 Å². The number of hydrogen-bond donors (Lipinski definition) is 0. The van der Waals surface area contributed by atoms with Gasteiger partial charge < -0.3 is 9.47 Å². The molecular formula is C30H29N5O3. The van der Waals surface area contributed by atoms with Gasteiger partial charge in [-0.25, -0.2) is 4.98 Å². The number of rotatable bonds is 7. The molecule has 0 N–H and O–H groups in total. The van der Waals surface area contributed by atoms with Crippen molar-refractivity contribution in [2.75, 3.05) is 32.7 Å². The molecule has 0 spiro atoms. The van der Waals surface area contributed by atoms with Crippen molar-refractivity contribution in [2.45, 2.75) is 19.5 Å². The zero-order chi connectivity index (χ0) is 26.1. The molecule has 3 aromatic carbocycles. The number of nitrogens with zero attached hydrogens (tertiary/aromatic N) is 5. The fourth-order valence-corrected chi connectivity index (χ4v) is 5.35. The number of piperazine rings is 1. The van der Waals surface area contributed by atoms with Gasteiger partial charge in [0.2, 0.25) is 5.91 Å². The molecule has 8 nitrogen and oxygen atoms in total. The molecule has 8 heteroatoms. The molecule has 0 aliphatic carbocycles. The first-order valence-electron chi connectivity index (χ1n) is 13.0. The van der Waals surface area contributed by atoms with Gasteiger partial charge in [-0.05, 0) is 29.8 Å². The first-order valence-corrected chi connectivity index (χ1v) is 13.0. The number of para-hydroxylation sites is 2. The van der Waals surface area contributed by atoms with Crippen LogP contribution in [-0.2, 0) is 17.9 Å². The van der Waals surface area contributed by atoms with Crippen molar-refractivity contribution in [3.05, 3.63) is 101 Å². The Balaban J connectivity index is 1.06. The summed E-state index contributed by atoms with van der Waals surface area (Å²) in [6, 6.07) is 25.4. The molecule has 2 aliphatic heterocycles. The number of benzene rings is 3. The third-order valence-corrected chi connectivity index (χ3v) is 7.43. The number of fused-ring (bicyclic) bond motifs is 2. The molecule has 38 heavy (non-hydrogen) atoms. The van der Waals surface area contributed by atoms with E-state index >= 15 is 0 Å². The van der Waals surface area contributed by atoms with E-state index in [1.807, 2.05) is 29.2 Å². The molecule has 6 rings (SSSR count). The Morgan fingerprint density at radius 2 is 1.37 bits per heavy atom. The zero-order valence-corrected chi connectivity index (χ0v) is 21.1. The first kappa shape index (κ1) is 24.1. The van der Waals surface area contributed by atoms with Crippen LogP contribution in [0.2, 0.25) is 0 Å². The Labute approximate surface area is 221 Å². The lowest BCUT2D eigenvalue weighted by Gasteiger charge is -2.34. The van der Waals surface area contributed by atoms with Gasteiger partial charge in [0.05, 0.1) is 28.7 Å². The van der Waals surface area contributed by atoms with E-state index in [4.69, 9.17) is 4.98 Å². The van der Waals surface area contributed by atoms with E-state index in [0.717, 1.165) is 36.5 Å². The molecule has 0 radical (unpaired) electrons. The van der Waals surface area contributed by atoms with Gasteiger partial charge in [0, 0.05) is 45.7 Å². The summed E-state index contributed by atoms with van der Waals surface area (Å²) in [5.74, 6) is 0.348. The van der Waals surface area contributed by atoms with E-state index in [0.29, 0.717) is 30.8 Å². The predicted octanol–water partition coefficient (Wildman–Crippen LogP) is 3.42. The van der Waals surface area contributed by atoms with Crippen LogP contribution in [0, 0.1) is 0 Å². The smallest absolute Gasteiger partial charge is 0.261 e. The van der Waals surface area contributed by atoms with Crippen molar-refractivity contribution in [1.29, 1.82) is 0 Å². The summed E-state index contributed by atoms with van der Waals surface area (Å²) in [6.07, 6.45) is 0.137. The number of aromatic nitrogens is 2. The van der Waals surface area contributed by atoms with Crippen molar-refractivity contribution in [3.63, 3.8) is 0 Å². The number of carbonyl (C=O) groups excluding carboxylic acids is 3. The topological polar surface area (TPSA) is 78.8 Å². The maximum absolute atomic E-state index is 12.9. The minimum Gasteiger partial charge on any atom is -0.340 e. The summed E-state index contributed by atoms with van der Waals surface area (Å²) in [7, 11) is 0. The molecule has 1 fully saturated rings. The number of imidazole rings is 1. The SMILES string of the molecule is O=C(CCN1C(=O)c2ccccc2C1=O)N1CCN(Cc2nc3ccccc3n2Cc2ccccc2)CC1. The van der Waals surface area contributed by atoms with Gasteiger partial charge in [0.1, 0.15) is 5.82 Å². The number of hydrogen-bond acceptors (Lipinski definition) is 5. The molecule has 0 atom stereocenters. The van der Waals surface area contributed by atoms with Crippen LogP contribution in [0.4, 0.5) is 0 Å². The quantitative estimate of drug-likeness (QED) is 0.358. The van der Waals surface area contributed by atoms with Crippen LogP contribution in [0.1, 0.15) is 38.5 Å². The summed E-state index contributed by atoms with van der Waals surface area (Å²) in [6.45, 7) is 4.28. The van der Waals surface area contributed by atoms with E-state index in [9.17, 15) is 14.4 Å². The number of amides is 3. The Morgan fingerprint density at radius 1 is 0.737 bits per heavy atom. The first-order chi connectivity index (χ1) is 18.6. The highest BCUT2D eigenvalue weighted by Gasteiger charge is 2.35. The van der Waals surface area contributed by atoms with Gasteiger partial charge in [0.15, 0.2) is 0 Å². The minimum absolute atomic E-state index is 0.0301. The predicted molar refractivity (Wildman–Crippen MR) is 144 cm³/mol. The van der Waals surface area contributed by atoms with Crippen LogP contribution in [0.3, 0.4) is 0 Å². The lowest BCUT2D eigenvalue weighted by Crippen LogP contribution is -2.49. The van der Waals surface area contributed by atoms with Crippen LogP contribution >= 0.6 is 0 Å². The van der Waals surface area contributed by atoms with Gasteiger partial charge in [-0.1, -0.05) is 54.6 Å². The van der Waals surface area contributed by atoms with Crippen molar-refractivity contribution >= 4 is 28.8 Å². The normalized spacial score (nSPS) is 15.9. The zero-order valence-electron chi connectivity index (χ0n) is 21.1. The van der Waals surface area contributed by atoms with E-state index in [-0.39, 0.29) is 30.7 Å². The second kappa shape index (κ2) is 10.2. The van der Waals surface area contributed by atoms with Gasteiger partial charge in [-0.3, -0.25) is 24.2 Å². The molecular weight excluding hydrogens is 478 g/mol. The maximum atomic E-state index is 12.9. The molecule has 0 bridgehead atoms. The van der Waals surface area contributed by atoms with Crippen LogP contribution in [0.25, 0.3) is 11.0 Å². The van der Waals surface area contributed by atoms with Crippen molar-refractivity contribution in [3.8, 4) is 0 Å². The third-order valence-electron chi connectivity index (χ3n) is 7.43. The summed E-state index contributed by atoms with van der Waals surface area (Å²) < 4.78 is 2.28. The molecule has 2 aliphatic rings. The molecule has 192 valence electrons. The van der Waals surface area contributed by atoms with Crippen molar-refractivity contribution in [2.24, 2.45) is 0 Å². The van der Waals surface area contributed by atoms with E-state index in [1.165, 1.54) is 10.5 Å². The summed E-state index contributed by atoms with van der Waals surface area (Å²) in [5, 5.41) is 0. The average molecular weight is 508 g/mol. The van der Waals surface area contributed by atoms with Gasteiger partial charge in [-0.2, -0.15) is 0 Å². The maximum Gasteiger partial charge on any atom is 0.261 e. The van der Waals surface area contributed by atoms with Crippen molar-refractivity contribution in [1.82, 2.24) is 24.3 Å². The number of carbonyl (C=O) groups is 3. The van der Waals surface area contributed by atoms with E-state index in [2.05, 4.69) is 39.8 Å². The Bertz CT molecular complexity index is 1470. The van der Waals surface area contributed by atoms with Gasteiger partial charge in [-0.15, -0.1) is 0 Å². The van der Waals surface area contributed by atoms with Crippen LogP contribution in [0.5, 0.6) is 0 Å². The molecule has 3 amide bonds. The summed E-state index contributed by atoms with van der Waals surface area (Å²) >= 11 is 0. The summed E-state index contributed by atoms with van der Waals surface area (Å²) in [4.78, 5) is 48.4. The Hall–Kier alpha value is -4.30. The fraction of sp³-hybridized carbons (Fsp3) is 0.267. The van der Waals surface area contributed by atoms with E-state index in [1.54, 1.807) is 24.3 Å². The lowest BCUT2D eigenvalue weighted by atomic mass is 10.1. The number of imide groups is 1. The minimum atomic E-state index is -0.318. The van der Waals surface area contributed by atoms with Gasteiger partial charge >= 0.3 is 0 Å². The molecule has 1 aromatic heterocycles. The molecule has 0 unspecified atom stereocenters. The van der Waals surface area contributed by atoms with E-state index < -0.39 is 0 Å². The van der Waals surface area contributed by atoms with Crippen LogP contribution in [0.15, 0.2) is 78.9 Å². The standard InChI is InChI=1S/C30H29N5O3/c36-28(14-15-34-29(37)23-10-4-5-11-24(23)30(34)38)33-18-16-32(17-19-33)21-27-31-25-12-6-7-13-26(25)35(27)20-22-8-2-1-3-9-22/h1-13H,14-21H2. The second-order valence-electron chi connectivity index (χ2n) is 9.80. The van der Waals surface area contributed by atoms with Crippen molar-refractivity contribution < 1.29 is 14.4 Å². The van der Waals surface area contributed by atoms with Crippen LogP contribution < -0.4 is 0 Å². The molecule has 1 saturated heterocycles. The molecule has 3 heterocycles. The third kappa shape index (κ3) is 4.59. The monoisotopic (exact) mass is 507 g/mol. The average Bonchev–Trinajstić information content (AvgIpc) is 3.42. The largest absolute Gasteiger partial charge is 0.340 e. The Morgan fingerprint density at radius 3 is 2.08 bits per heavy atom.